The number of aromatic nitrogens is 3. The maximum atomic E-state index is 11.1. The van der Waals surface area contributed by atoms with Gasteiger partial charge in [-0.3, -0.25) is 0 Å². The zero-order chi connectivity index (χ0) is 22.9. The molecule has 0 radical (unpaired) electrons. The van der Waals surface area contributed by atoms with Gasteiger partial charge in [0.25, 0.3) is 0 Å². The van der Waals surface area contributed by atoms with E-state index in [1.165, 1.54) is 22.0 Å². The number of hydrogen-bond acceptors (Lipinski definition) is 8. The smallest absolute Gasteiger partial charge is 0.810 e. The molecule has 1 rings (SSSR count). The largest absolute Gasteiger partial charge is 1.00 e. The average molecular weight is 549 g/mol. The molecule has 1 aromatic heterocycles. The first-order valence-electron chi connectivity index (χ1n) is 9.66. The molecule has 0 aliphatic heterocycles. The van der Waals surface area contributed by atoms with Gasteiger partial charge in [0.15, 0.2) is 0 Å². The van der Waals surface area contributed by atoms with Crippen LogP contribution in [-0.4, -0.2) is 20.4 Å². The molecule has 0 saturated carbocycles. The molecule has 0 spiro atoms. The number of allylic oxidation sites excluding steroid dienone is 6. The summed E-state index contributed by atoms with van der Waals surface area (Å²) in [6.45, 7) is 8.62. The molecule has 0 aliphatic carbocycles. The van der Waals surface area contributed by atoms with Crippen molar-refractivity contribution in [3.8, 4) is 0 Å². The van der Waals surface area contributed by atoms with Gasteiger partial charge >= 0.3 is 118 Å². The van der Waals surface area contributed by atoms with Crippen molar-refractivity contribution < 1.29 is 147 Å². The Labute approximate surface area is 291 Å². The van der Waals surface area contributed by atoms with Gasteiger partial charge in [-0.05, 0) is 53.4 Å². The Morgan fingerprint density at radius 2 is 1.35 bits per heavy atom. The molecule has 1 heterocycles. The van der Waals surface area contributed by atoms with Crippen LogP contribution in [0.3, 0.4) is 0 Å². The molecule has 0 unspecified atom stereocenters. The third-order valence-electron chi connectivity index (χ3n) is 4.46. The Morgan fingerprint density at radius 1 is 0.882 bits per heavy atom. The van der Waals surface area contributed by atoms with E-state index in [1.807, 2.05) is 13.0 Å². The van der Waals surface area contributed by atoms with Crippen LogP contribution in [0.15, 0.2) is 41.1 Å². The summed E-state index contributed by atoms with van der Waals surface area (Å²) < 4.78 is 23.5. The first kappa shape index (κ1) is 43.7. The number of nitrogens with zero attached hydrogens (tertiary/aromatic N) is 3. The van der Waals surface area contributed by atoms with Crippen LogP contribution < -0.4 is 138 Å². The summed E-state index contributed by atoms with van der Waals surface area (Å²) in [6, 6.07) is 0. The van der Waals surface area contributed by atoms with E-state index >= 15 is 0 Å². The molecule has 170 valence electrons. The van der Waals surface area contributed by atoms with E-state index in [1.54, 1.807) is 0 Å². The van der Waals surface area contributed by atoms with Crippen LogP contribution >= 0.6 is 15.2 Å². The predicted molar refractivity (Wildman–Crippen MR) is 108 cm³/mol. The summed E-state index contributed by atoms with van der Waals surface area (Å²) >= 11 is 0. The van der Waals surface area contributed by atoms with Crippen molar-refractivity contribution in [2.45, 2.75) is 71.7 Å². The Morgan fingerprint density at radius 3 is 1.82 bits per heavy atom. The molecule has 0 aromatic carbocycles. The SMILES string of the molecule is CC(C)=CCC/C(C)=C/CC/C(C)=C/Cn1cc(CC(P(=O)([O-])[O-])P(=O)([O-])[O-])nn1.[Na+].[Na+].[Na+].[Na+]. The van der Waals surface area contributed by atoms with Crippen molar-refractivity contribution in [3.05, 3.63) is 46.8 Å². The van der Waals surface area contributed by atoms with Gasteiger partial charge in [-0.2, -0.15) is 0 Å². The molecule has 0 fully saturated rings. The van der Waals surface area contributed by atoms with Crippen molar-refractivity contribution in [2.24, 2.45) is 0 Å². The second-order valence-electron chi connectivity index (χ2n) is 7.66. The molecule has 1 aromatic rings. The van der Waals surface area contributed by atoms with Gasteiger partial charge in [0, 0.05) is 18.0 Å². The third-order valence-corrected chi connectivity index (χ3v) is 7.98. The molecule has 34 heavy (non-hydrogen) atoms. The van der Waals surface area contributed by atoms with Crippen LogP contribution in [0.5, 0.6) is 0 Å². The Balaban J connectivity index is -0.00000112. The van der Waals surface area contributed by atoms with Gasteiger partial charge in [-0.25, -0.2) is 4.68 Å². The van der Waals surface area contributed by atoms with E-state index in [9.17, 15) is 28.7 Å². The van der Waals surface area contributed by atoms with Gasteiger partial charge in [-0.15, -0.1) is 5.10 Å². The molecular formula is C19H29N3Na4O6P2. The van der Waals surface area contributed by atoms with Crippen molar-refractivity contribution in [1.82, 2.24) is 15.0 Å². The monoisotopic (exact) mass is 549 g/mol. The van der Waals surface area contributed by atoms with Gasteiger partial charge in [0.05, 0.1) is 12.2 Å². The van der Waals surface area contributed by atoms with Crippen molar-refractivity contribution in [2.75, 3.05) is 0 Å². The van der Waals surface area contributed by atoms with Crippen LogP contribution in [-0.2, 0) is 22.1 Å². The first-order chi connectivity index (χ1) is 13.8. The van der Waals surface area contributed by atoms with Gasteiger partial charge < -0.3 is 28.7 Å². The van der Waals surface area contributed by atoms with Crippen molar-refractivity contribution in [1.29, 1.82) is 0 Å². The van der Waals surface area contributed by atoms with E-state index in [0.717, 1.165) is 31.3 Å². The van der Waals surface area contributed by atoms with Crippen LogP contribution in [0.2, 0.25) is 0 Å². The van der Waals surface area contributed by atoms with Crippen LogP contribution in [0.25, 0.3) is 0 Å². The standard InChI is InChI=1S/C19H33N3O6P2.4Na/c1-15(2)7-5-8-16(3)9-6-10-17(4)11-12-22-14-18(20-21-22)13-19(29(23,24)25)30(26,27)28;;;;/h7,9,11,14,19H,5-6,8,10,12-13H2,1-4H3,(H2,23,24,25)(H2,26,27,28);;;;/q;4*+1/p-4/b16-9+,17-11+;;;;. The molecule has 0 atom stereocenters. The molecule has 0 N–H and O–H groups in total. The Kier molecular flexibility index (Phi) is 27.6. The maximum absolute atomic E-state index is 11.1. The van der Waals surface area contributed by atoms with Crippen LogP contribution in [0, 0.1) is 0 Å². The van der Waals surface area contributed by atoms with Gasteiger partial charge in [0.2, 0.25) is 0 Å². The second kappa shape index (κ2) is 21.5. The second-order valence-corrected chi connectivity index (χ2v) is 11.5. The Bertz CT molecular complexity index is 870. The van der Waals surface area contributed by atoms with Gasteiger partial charge in [-0.1, -0.05) is 55.4 Å². The molecule has 15 heteroatoms. The topological polar surface area (TPSA) is 157 Å². The summed E-state index contributed by atoms with van der Waals surface area (Å²) in [5, 5.41) is 4.88. The first-order valence-corrected chi connectivity index (χ1v) is 12.9. The van der Waals surface area contributed by atoms with Crippen LogP contribution in [0.4, 0.5) is 0 Å². The normalized spacial score (nSPS) is 12.1. The summed E-state index contributed by atoms with van der Waals surface area (Å²) in [4.78, 5) is 44.3. The summed E-state index contributed by atoms with van der Waals surface area (Å²) in [7, 11) is -11.2. The zero-order valence-corrected chi connectivity index (χ0v) is 31.6. The fourth-order valence-corrected chi connectivity index (χ4v) is 4.90. The van der Waals surface area contributed by atoms with E-state index in [2.05, 4.69) is 43.2 Å². The molecular weight excluding hydrogens is 520 g/mol. The van der Waals surface area contributed by atoms with E-state index in [0.29, 0.717) is 6.54 Å². The van der Waals surface area contributed by atoms with E-state index in [4.69, 9.17) is 0 Å². The third kappa shape index (κ3) is 19.7. The molecule has 0 bridgehead atoms. The summed E-state index contributed by atoms with van der Waals surface area (Å²) in [5.41, 5.74) is 3.75. The fourth-order valence-electron chi connectivity index (χ4n) is 2.69. The van der Waals surface area contributed by atoms with Crippen LogP contribution in [0.1, 0.15) is 59.1 Å². The minimum atomic E-state index is -5.60. The molecule has 9 nitrogen and oxygen atoms in total. The Hall–Kier alpha value is 2.66. The molecule has 0 saturated heterocycles. The number of hydrogen-bond donors (Lipinski definition) is 0. The summed E-state index contributed by atoms with van der Waals surface area (Å²) in [5.74, 6) is 0. The van der Waals surface area contributed by atoms with Crippen molar-refractivity contribution in [3.63, 3.8) is 0 Å². The maximum Gasteiger partial charge on any atom is 1.00 e. The minimum absolute atomic E-state index is 0. The van der Waals surface area contributed by atoms with Crippen molar-refractivity contribution >= 4 is 15.2 Å². The minimum Gasteiger partial charge on any atom is -0.810 e. The quantitative estimate of drug-likeness (QED) is 0.141. The molecule has 0 amide bonds. The summed E-state index contributed by atoms with van der Waals surface area (Å²) in [6.07, 6.45) is 10.8. The number of rotatable bonds is 12. The predicted octanol–water partition coefficient (Wildman–Crippen LogP) is -10.6. The zero-order valence-electron chi connectivity index (χ0n) is 21.8. The fraction of sp³-hybridized carbons (Fsp3) is 0.579. The average Bonchev–Trinajstić information content (AvgIpc) is 3.03. The van der Waals surface area contributed by atoms with E-state index in [-0.39, 0.29) is 124 Å². The van der Waals surface area contributed by atoms with Gasteiger partial charge in [0.1, 0.15) is 0 Å². The molecule has 0 aliphatic rings. The van der Waals surface area contributed by atoms with E-state index < -0.39 is 27.0 Å².